The summed E-state index contributed by atoms with van der Waals surface area (Å²) in [6, 6.07) is 7.56. The number of carbonyl (C=O) groups is 1. The lowest BCUT2D eigenvalue weighted by molar-refractivity contribution is -0.137. The molecule has 1 aliphatic rings. The molecule has 1 fully saturated rings. The van der Waals surface area contributed by atoms with Crippen LogP contribution in [0.5, 0.6) is 11.5 Å². The molecule has 0 saturated carbocycles. The lowest BCUT2D eigenvalue weighted by atomic mass is 9.99. The molecule has 0 aliphatic carbocycles. The van der Waals surface area contributed by atoms with E-state index in [9.17, 15) is 4.79 Å². The fourth-order valence-corrected chi connectivity index (χ4v) is 2.53. The quantitative estimate of drug-likeness (QED) is 0.804. The van der Waals surface area contributed by atoms with Crippen molar-refractivity contribution in [3.05, 3.63) is 24.3 Å². The molecule has 0 bridgehead atoms. The number of ether oxygens (including phenoxy) is 3. The Labute approximate surface area is 125 Å². The van der Waals surface area contributed by atoms with E-state index in [2.05, 4.69) is 0 Å². The van der Waals surface area contributed by atoms with Crippen LogP contribution < -0.4 is 9.47 Å². The lowest BCUT2D eigenvalue weighted by Gasteiger charge is -2.32. The van der Waals surface area contributed by atoms with Crippen LogP contribution in [0.1, 0.15) is 12.8 Å². The van der Waals surface area contributed by atoms with E-state index in [-0.39, 0.29) is 12.5 Å². The van der Waals surface area contributed by atoms with Crippen LogP contribution in [0.2, 0.25) is 0 Å². The van der Waals surface area contributed by atoms with E-state index in [1.807, 2.05) is 29.2 Å². The molecule has 2 rings (SSSR count). The fourth-order valence-electron chi connectivity index (χ4n) is 2.53. The average molecular weight is 293 g/mol. The van der Waals surface area contributed by atoms with Crippen LogP contribution in [-0.2, 0) is 9.53 Å². The number of nitrogens with zero attached hydrogens (tertiary/aromatic N) is 1. The van der Waals surface area contributed by atoms with Gasteiger partial charge in [0.1, 0.15) is 18.1 Å². The van der Waals surface area contributed by atoms with Gasteiger partial charge in [0.15, 0.2) is 0 Å². The Kier molecular flexibility index (Phi) is 5.87. The van der Waals surface area contributed by atoms with Gasteiger partial charge >= 0.3 is 0 Å². The van der Waals surface area contributed by atoms with Gasteiger partial charge in [-0.2, -0.15) is 0 Å². The van der Waals surface area contributed by atoms with Crippen LogP contribution >= 0.6 is 0 Å². The summed E-state index contributed by atoms with van der Waals surface area (Å²) in [4.78, 5) is 13.7. The molecule has 1 saturated heterocycles. The van der Waals surface area contributed by atoms with Crippen LogP contribution in [0.15, 0.2) is 24.3 Å². The zero-order chi connectivity index (χ0) is 15.1. The van der Waals surface area contributed by atoms with Gasteiger partial charge in [-0.25, -0.2) is 0 Å². The smallest absolute Gasteiger partial charge is 0.248 e. The van der Waals surface area contributed by atoms with E-state index < -0.39 is 0 Å². The van der Waals surface area contributed by atoms with Crippen LogP contribution in [0.3, 0.4) is 0 Å². The number of carbonyl (C=O) groups excluding carboxylic acids is 1. The van der Waals surface area contributed by atoms with Crippen molar-refractivity contribution in [2.45, 2.75) is 12.8 Å². The molecule has 0 N–H and O–H groups in total. The van der Waals surface area contributed by atoms with Crippen LogP contribution in [0.25, 0.3) is 0 Å². The van der Waals surface area contributed by atoms with Crippen molar-refractivity contribution < 1.29 is 19.0 Å². The molecule has 0 spiro atoms. The second-order valence-corrected chi connectivity index (χ2v) is 5.27. The third-order valence-electron chi connectivity index (χ3n) is 3.68. The van der Waals surface area contributed by atoms with Crippen molar-refractivity contribution in [3.8, 4) is 11.5 Å². The summed E-state index contributed by atoms with van der Waals surface area (Å²) >= 11 is 0. The average Bonchev–Trinajstić information content (AvgIpc) is 2.54. The minimum absolute atomic E-state index is 0.0617. The highest BCUT2D eigenvalue weighted by Crippen LogP contribution is 2.21. The molecular weight excluding hydrogens is 270 g/mol. The monoisotopic (exact) mass is 293 g/mol. The Morgan fingerprint density at radius 2 is 1.95 bits per heavy atom. The van der Waals surface area contributed by atoms with Gasteiger partial charge in [0.2, 0.25) is 5.91 Å². The number of hydrogen-bond donors (Lipinski definition) is 0. The second kappa shape index (κ2) is 7.88. The Balaban J connectivity index is 1.80. The molecular formula is C16H23NO4. The number of likely N-dealkylation sites (tertiary alicyclic amines) is 1. The number of methoxy groups -OCH3 is 2. The molecule has 0 unspecified atom stereocenters. The molecule has 1 heterocycles. The molecule has 1 amide bonds. The predicted molar refractivity (Wildman–Crippen MR) is 79.7 cm³/mol. The highest BCUT2D eigenvalue weighted by Gasteiger charge is 2.23. The Morgan fingerprint density at radius 1 is 1.24 bits per heavy atom. The normalized spacial score (nSPS) is 18.4. The van der Waals surface area contributed by atoms with Crippen molar-refractivity contribution >= 4 is 5.91 Å². The highest BCUT2D eigenvalue weighted by atomic mass is 16.5. The summed E-state index contributed by atoms with van der Waals surface area (Å²) in [7, 11) is 3.19. The van der Waals surface area contributed by atoms with Gasteiger partial charge in [-0.3, -0.25) is 4.79 Å². The lowest BCUT2D eigenvalue weighted by Crippen LogP contribution is -2.43. The molecule has 5 heteroatoms. The topological polar surface area (TPSA) is 48.0 Å². The number of rotatable bonds is 6. The minimum Gasteiger partial charge on any atom is -0.497 e. The minimum atomic E-state index is 0.0617. The van der Waals surface area contributed by atoms with Crippen LogP contribution in [0.4, 0.5) is 0 Å². The zero-order valence-corrected chi connectivity index (χ0v) is 12.7. The van der Waals surface area contributed by atoms with Crippen molar-refractivity contribution in [1.29, 1.82) is 0 Å². The van der Waals surface area contributed by atoms with E-state index in [0.717, 1.165) is 37.4 Å². The largest absolute Gasteiger partial charge is 0.497 e. The first-order valence-electron chi connectivity index (χ1n) is 7.26. The highest BCUT2D eigenvalue weighted by molar-refractivity contribution is 5.77. The SMILES string of the molecule is COCC(=O)N1CCC[C@H](COc2ccc(OC)cc2)C1. The molecule has 0 radical (unpaired) electrons. The van der Waals surface area contributed by atoms with Crippen molar-refractivity contribution in [1.82, 2.24) is 4.90 Å². The Bertz CT molecular complexity index is 446. The molecule has 21 heavy (non-hydrogen) atoms. The van der Waals surface area contributed by atoms with E-state index in [4.69, 9.17) is 14.2 Å². The van der Waals surface area contributed by atoms with Crippen LogP contribution in [0, 0.1) is 5.92 Å². The van der Waals surface area contributed by atoms with Gasteiger partial charge < -0.3 is 19.1 Å². The molecule has 0 aromatic heterocycles. The van der Waals surface area contributed by atoms with Gasteiger partial charge in [-0.15, -0.1) is 0 Å². The molecule has 1 aromatic rings. The summed E-state index contributed by atoms with van der Waals surface area (Å²) < 4.78 is 15.8. The Morgan fingerprint density at radius 3 is 2.62 bits per heavy atom. The standard InChI is InChI=1S/C16H23NO4/c1-19-12-16(18)17-9-3-4-13(10-17)11-21-15-7-5-14(20-2)6-8-15/h5-8,13H,3-4,9-12H2,1-2H3/t13-/m0/s1. The number of amides is 1. The number of hydrogen-bond acceptors (Lipinski definition) is 4. The zero-order valence-electron chi connectivity index (χ0n) is 12.7. The van der Waals surface area contributed by atoms with Crippen LogP contribution in [-0.4, -0.2) is 51.3 Å². The summed E-state index contributed by atoms with van der Waals surface area (Å²) in [6.07, 6.45) is 2.11. The fraction of sp³-hybridized carbons (Fsp3) is 0.562. The number of piperidine rings is 1. The summed E-state index contributed by atoms with van der Waals surface area (Å²) in [5, 5.41) is 0. The number of benzene rings is 1. The van der Waals surface area contributed by atoms with Gasteiger partial charge in [-0.1, -0.05) is 0 Å². The maximum Gasteiger partial charge on any atom is 0.248 e. The Hall–Kier alpha value is -1.75. The van der Waals surface area contributed by atoms with Gasteiger partial charge in [0, 0.05) is 26.1 Å². The summed E-state index contributed by atoms with van der Waals surface area (Å²) in [6.45, 7) is 2.36. The van der Waals surface area contributed by atoms with Crippen molar-refractivity contribution in [2.24, 2.45) is 5.92 Å². The van der Waals surface area contributed by atoms with E-state index in [1.54, 1.807) is 14.2 Å². The second-order valence-electron chi connectivity index (χ2n) is 5.27. The van der Waals surface area contributed by atoms with E-state index in [1.165, 1.54) is 0 Å². The van der Waals surface area contributed by atoms with Gasteiger partial charge in [0.05, 0.1) is 13.7 Å². The van der Waals surface area contributed by atoms with Crippen molar-refractivity contribution in [3.63, 3.8) is 0 Å². The molecule has 5 nitrogen and oxygen atoms in total. The van der Waals surface area contributed by atoms with E-state index in [0.29, 0.717) is 12.5 Å². The molecule has 116 valence electrons. The molecule has 1 aromatic carbocycles. The summed E-state index contributed by atoms with van der Waals surface area (Å²) in [5.41, 5.74) is 0. The predicted octanol–water partition coefficient (Wildman–Crippen LogP) is 1.96. The maximum absolute atomic E-state index is 11.8. The van der Waals surface area contributed by atoms with Gasteiger partial charge in [0.25, 0.3) is 0 Å². The first kappa shape index (κ1) is 15.6. The molecule has 1 aliphatic heterocycles. The maximum atomic E-state index is 11.8. The van der Waals surface area contributed by atoms with Crippen molar-refractivity contribution in [2.75, 3.05) is 40.5 Å². The molecule has 1 atom stereocenters. The third-order valence-corrected chi connectivity index (χ3v) is 3.68. The van der Waals surface area contributed by atoms with E-state index >= 15 is 0 Å². The summed E-state index contributed by atoms with van der Waals surface area (Å²) in [5.74, 6) is 2.08. The first-order valence-corrected chi connectivity index (χ1v) is 7.26. The van der Waals surface area contributed by atoms with Gasteiger partial charge in [-0.05, 0) is 37.1 Å². The third kappa shape index (κ3) is 4.63. The first-order chi connectivity index (χ1) is 10.2.